The number of halogens is 1. The van der Waals surface area contributed by atoms with Crippen LogP contribution in [0.3, 0.4) is 0 Å². The van der Waals surface area contributed by atoms with Gasteiger partial charge in [-0.1, -0.05) is 18.5 Å². The van der Waals surface area contributed by atoms with Crippen LogP contribution in [0.4, 0.5) is 0 Å². The van der Waals surface area contributed by atoms with Crippen molar-refractivity contribution in [2.45, 2.75) is 43.5 Å². The fraction of sp³-hybridized carbons (Fsp3) is 0.632. The Balaban J connectivity index is 1.55. The van der Waals surface area contributed by atoms with E-state index in [9.17, 15) is 13.2 Å². The normalized spacial score (nSPS) is 22.7. The molecule has 2 saturated heterocycles. The zero-order valence-electron chi connectivity index (χ0n) is 15.9. The Morgan fingerprint density at radius 1 is 1.15 bits per heavy atom. The minimum Gasteiger partial charge on any atom is -0.335 e. The molecule has 0 spiro atoms. The van der Waals surface area contributed by atoms with Crippen molar-refractivity contribution in [3.63, 3.8) is 0 Å². The molecule has 0 saturated carbocycles. The Kier molecular flexibility index (Phi) is 6.78. The zero-order chi connectivity index (χ0) is 19.4. The molecular weight excluding hydrogens is 386 g/mol. The summed E-state index contributed by atoms with van der Waals surface area (Å²) in [5.41, 5.74) is 0. The van der Waals surface area contributed by atoms with Gasteiger partial charge in [0.1, 0.15) is 0 Å². The average molecular weight is 415 g/mol. The molecule has 150 valence electrons. The summed E-state index contributed by atoms with van der Waals surface area (Å²) in [4.78, 5) is 16.2. The third-order valence-corrected chi connectivity index (χ3v) is 7.87. The van der Waals surface area contributed by atoms with Crippen molar-refractivity contribution < 1.29 is 18.1 Å². The lowest BCUT2D eigenvalue weighted by Crippen LogP contribution is -3.15. The summed E-state index contributed by atoms with van der Waals surface area (Å²) in [6, 6.07) is 6.65. The van der Waals surface area contributed by atoms with Gasteiger partial charge < -0.3 is 9.80 Å². The summed E-state index contributed by atoms with van der Waals surface area (Å²) in [6.45, 7) is 5.65. The van der Waals surface area contributed by atoms with Crippen LogP contribution in [0.1, 0.15) is 32.6 Å². The van der Waals surface area contributed by atoms with Crippen LogP contribution in [-0.4, -0.2) is 68.8 Å². The van der Waals surface area contributed by atoms with Crippen LogP contribution >= 0.6 is 11.6 Å². The third kappa shape index (κ3) is 4.83. The van der Waals surface area contributed by atoms with Crippen molar-refractivity contribution in [1.82, 2.24) is 9.21 Å². The van der Waals surface area contributed by atoms with Crippen LogP contribution < -0.4 is 4.90 Å². The molecule has 1 atom stereocenters. The van der Waals surface area contributed by atoms with Gasteiger partial charge in [0.25, 0.3) is 5.91 Å². The van der Waals surface area contributed by atoms with Gasteiger partial charge in [0.2, 0.25) is 10.0 Å². The van der Waals surface area contributed by atoms with Gasteiger partial charge in [0, 0.05) is 17.6 Å². The molecule has 3 rings (SSSR count). The number of hydrogen-bond acceptors (Lipinski definition) is 3. The molecule has 0 unspecified atom stereocenters. The van der Waals surface area contributed by atoms with E-state index in [2.05, 4.69) is 6.92 Å². The van der Waals surface area contributed by atoms with Gasteiger partial charge in [-0.25, -0.2) is 8.42 Å². The molecule has 2 aliphatic heterocycles. The minimum atomic E-state index is -3.50. The fourth-order valence-corrected chi connectivity index (χ4v) is 5.61. The molecule has 0 bridgehead atoms. The number of rotatable bonds is 5. The lowest BCUT2D eigenvalue weighted by molar-refractivity contribution is -0.896. The quantitative estimate of drug-likeness (QED) is 0.782. The summed E-state index contributed by atoms with van der Waals surface area (Å²) >= 11 is 5.85. The number of nitrogens with zero attached hydrogens (tertiary/aromatic N) is 2. The van der Waals surface area contributed by atoms with Crippen molar-refractivity contribution >= 4 is 27.5 Å². The molecule has 8 heteroatoms. The third-order valence-electron chi connectivity index (χ3n) is 5.70. The van der Waals surface area contributed by atoms with Crippen LogP contribution in [-0.2, 0) is 14.8 Å². The summed E-state index contributed by atoms with van der Waals surface area (Å²) < 4.78 is 27.0. The lowest BCUT2D eigenvalue weighted by Gasteiger charge is -2.37. The van der Waals surface area contributed by atoms with Crippen LogP contribution in [0, 0.1) is 0 Å². The smallest absolute Gasteiger partial charge is 0.278 e. The van der Waals surface area contributed by atoms with E-state index < -0.39 is 10.0 Å². The highest BCUT2D eigenvalue weighted by Crippen LogP contribution is 2.20. The number of amides is 1. The number of nitrogens with one attached hydrogen (secondary N) is 1. The maximum Gasteiger partial charge on any atom is 0.278 e. The van der Waals surface area contributed by atoms with Crippen molar-refractivity contribution in [2.24, 2.45) is 0 Å². The molecule has 6 nitrogen and oxygen atoms in total. The van der Waals surface area contributed by atoms with E-state index in [-0.39, 0.29) is 10.8 Å². The largest absolute Gasteiger partial charge is 0.335 e. The number of carbonyl (C=O) groups is 1. The topological polar surface area (TPSA) is 62.1 Å². The van der Waals surface area contributed by atoms with Gasteiger partial charge in [-0.05, 0) is 49.9 Å². The monoisotopic (exact) mass is 414 g/mol. The van der Waals surface area contributed by atoms with Gasteiger partial charge in [0.05, 0.1) is 31.1 Å². The van der Waals surface area contributed by atoms with E-state index in [1.807, 2.05) is 4.90 Å². The number of quaternary nitrogens is 1. The van der Waals surface area contributed by atoms with Gasteiger partial charge in [-0.2, -0.15) is 4.31 Å². The number of piperazine rings is 1. The highest BCUT2D eigenvalue weighted by Gasteiger charge is 2.33. The van der Waals surface area contributed by atoms with Gasteiger partial charge in [-0.15, -0.1) is 0 Å². The summed E-state index contributed by atoms with van der Waals surface area (Å²) in [6.07, 6.45) is 4.40. The van der Waals surface area contributed by atoms with Crippen LogP contribution in [0.5, 0.6) is 0 Å². The van der Waals surface area contributed by atoms with Gasteiger partial charge >= 0.3 is 0 Å². The molecule has 1 N–H and O–H groups in total. The lowest BCUT2D eigenvalue weighted by atomic mass is 10.00. The number of sulfonamides is 1. The molecule has 0 aromatic heterocycles. The van der Waals surface area contributed by atoms with Gasteiger partial charge in [-0.3, -0.25) is 4.79 Å². The van der Waals surface area contributed by atoms with Crippen molar-refractivity contribution in [3.05, 3.63) is 29.3 Å². The number of carbonyl (C=O) groups excluding carboxylic acids is 1. The minimum absolute atomic E-state index is 0.213. The number of hydrogen-bond donors (Lipinski definition) is 1. The van der Waals surface area contributed by atoms with E-state index in [0.29, 0.717) is 43.8 Å². The van der Waals surface area contributed by atoms with E-state index >= 15 is 0 Å². The predicted octanol–water partition coefficient (Wildman–Crippen LogP) is 1.02. The predicted molar refractivity (Wildman–Crippen MR) is 105 cm³/mol. The second-order valence-electron chi connectivity index (χ2n) is 7.43. The molecule has 2 heterocycles. The first kappa shape index (κ1) is 20.6. The molecule has 1 aromatic carbocycles. The Morgan fingerprint density at radius 2 is 1.81 bits per heavy atom. The molecule has 0 aliphatic carbocycles. The Bertz CT molecular complexity index is 746. The fourth-order valence-electron chi connectivity index (χ4n) is 4.04. The summed E-state index contributed by atoms with van der Waals surface area (Å²) in [7, 11) is -3.50. The first-order valence-electron chi connectivity index (χ1n) is 9.80. The number of benzene rings is 1. The van der Waals surface area contributed by atoms with Crippen molar-refractivity contribution in [2.75, 3.05) is 39.3 Å². The summed E-state index contributed by atoms with van der Waals surface area (Å²) in [5, 5.41) is 0.518. The van der Waals surface area contributed by atoms with Crippen LogP contribution in [0.2, 0.25) is 5.02 Å². The molecule has 2 fully saturated rings. The standard InChI is InChI=1S/C19H28ClN3O3S/c1-2-17-5-3-4-10-23(17)19(24)15-21-11-13-22(14-12-21)27(25,26)18-8-6-16(20)7-9-18/h6-9,17H,2-5,10-15H2,1H3/p+1/t17-/m0/s1. The van der Waals surface area contributed by atoms with E-state index in [4.69, 9.17) is 11.6 Å². The number of likely N-dealkylation sites (tertiary alicyclic amines) is 1. The molecule has 0 radical (unpaired) electrons. The molecule has 1 amide bonds. The number of piperidine rings is 1. The van der Waals surface area contributed by atoms with Gasteiger partial charge in [0.15, 0.2) is 6.54 Å². The first-order valence-corrected chi connectivity index (χ1v) is 11.6. The first-order chi connectivity index (χ1) is 12.9. The second-order valence-corrected chi connectivity index (χ2v) is 9.80. The maximum absolute atomic E-state index is 12.8. The van der Waals surface area contributed by atoms with E-state index in [1.54, 1.807) is 24.3 Å². The maximum atomic E-state index is 12.8. The molecular formula is C19H29ClN3O3S+. The van der Waals surface area contributed by atoms with Crippen LogP contribution in [0.25, 0.3) is 0 Å². The molecule has 27 heavy (non-hydrogen) atoms. The average Bonchev–Trinajstić information content (AvgIpc) is 2.68. The zero-order valence-corrected chi connectivity index (χ0v) is 17.4. The highest BCUT2D eigenvalue weighted by atomic mass is 35.5. The van der Waals surface area contributed by atoms with Crippen molar-refractivity contribution in [1.29, 1.82) is 0 Å². The Labute approximate surface area is 167 Å². The Morgan fingerprint density at radius 3 is 2.44 bits per heavy atom. The molecule has 1 aromatic rings. The van der Waals surface area contributed by atoms with E-state index in [1.165, 1.54) is 15.6 Å². The highest BCUT2D eigenvalue weighted by molar-refractivity contribution is 7.89. The molecule has 2 aliphatic rings. The van der Waals surface area contributed by atoms with Crippen molar-refractivity contribution in [3.8, 4) is 0 Å². The second kappa shape index (κ2) is 8.90. The summed E-state index contributed by atoms with van der Waals surface area (Å²) in [5.74, 6) is 0.213. The van der Waals surface area contributed by atoms with E-state index in [0.717, 1.165) is 25.8 Å². The SMILES string of the molecule is CC[C@H]1CCCCN1C(=O)C[NH+]1CCN(S(=O)(=O)c2ccc(Cl)cc2)CC1. The Hall–Kier alpha value is -1.15. The van der Waals surface area contributed by atoms with Crippen LogP contribution in [0.15, 0.2) is 29.2 Å².